The van der Waals surface area contributed by atoms with Gasteiger partial charge in [-0.3, -0.25) is 14.9 Å². The second-order valence-corrected chi connectivity index (χ2v) is 7.71. The van der Waals surface area contributed by atoms with E-state index in [-0.39, 0.29) is 34.6 Å². The minimum Gasteiger partial charge on any atom is -0.493 e. The first kappa shape index (κ1) is 21.8. The monoisotopic (exact) mass is 414 g/mol. The van der Waals surface area contributed by atoms with Crippen LogP contribution >= 0.6 is 0 Å². The maximum Gasteiger partial charge on any atom is 0.293 e. The topological polar surface area (TPSA) is 111 Å². The number of amides is 1. The summed E-state index contributed by atoms with van der Waals surface area (Å²) in [4.78, 5) is 25.9. The molecule has 8 nitrogen and oxygen atoms in total. The molecule has 2 aliphatic rings. The number of carbonyl (C=O) groups excluding carboxylic acids is 1. The number of piperidine rings is 1. The molecule has 1 aliphatic heterocycles. The molecular formula is C22H30N4O4. The highest BCUT2D eigenvalue weighted by Crippen LogP contribution is 2.31. The van der Waals surface area contributed by atoms with E-state index in [2.05, 4.69) is 28.4 Å². The zero-order valence-electron chi connectivity index (χ0n) is 17.4. The highest BCUT2D eigenvalue weighted by Gasteiger charge is 2.25. The lowest BCUT2D eigenvalue weighted by molar-refractivity contribution is -0.383. The van der Waals surface area contributed by atoms with Crippen LogP contribution in [0.5, 0.6) is 5.75 Å². The Kier molecular flexibility index (Phi) is 7.46. The van der Waals surface area contributed by atoms with Crippen molar-refractivity contribution < 1.29 is 14.5 Å². The Balaban J connectivity index is 1.55. The van der Waals surface area contributed by atoms with E-state index in [9.17, 15) is 14.9 Å². The number of nitrogens with two attached hydrogens (primary N) is 1. The minimum atomic E-state index is -0.585. The summed E-state index contributed by atoms with van der Waals surface area (Å²) in [7, 11) is 0. The Hall–Kier alpha value is -2.87. The van der Waals surface area contributed by atoms with Gasteiger partial charge in [-0.1, -0.05) is 23.8 Å². The molecule has 1 aromatic carbocycles. The molecule has 1 saturated heterocycles. The third-order valence-electron chi connectivity index (χ3n) is 5.63. The molecule has 0 radical (unpaired) electrons. The maximum atomic E-state index is 12.8. The molecule has 1 heterocycles. The van der Waals surface area contributed by atoms with Crippen LogP contribution < -0.4 is 15.8 Å². The van der Waals surface area contributed by atoms with Crippen molar-refractivity contribution in [2.24, 2.45) is 0 Å². The second-order valence-electron chi connectivity index (χ2n) is 7.71. The summed E-state index contributed by atoms with van der Waals surface area (Å²) in [6.07, 6.45) is 11.6. The number of anilines is 1. The zero-order chi connectivity index (χ0) is 21.5. The fourth-order valence-corrected chi connectivity index (χ4v) is 3.91. The number of nitrogen functional groups attached to an aromatic ring is 1. The normalized spacial score (nSPS) is 17.4. The maximum absolute atomic E-state index is 12.8. The van der Waals surface area contributed by atoms with E-state index in [0.29, 0.717) is 6.61 Å². The van der Waals surface area contributed by atoms with Gasteiger partial charge in [-0.25, -0.2) is 0 Å². The number of hydrogen-bond acceptors (Lipinski definition) is 6. The number of benzene rings is 1. The number of carbonyl (C=O) groups is 1. The lowest BCUT2D eigenvalue weighted by atomic mass is 10.0. The van der Waals surface area contributed by atoms with Crippen molar-refractivity contribution >= 4 is 17.3 Å². The lowest BCUT2D eigenvalue weighted by Gasteiger charge is -2.32. The van der Waals surface area contributed by atoms with Crippen molar-refractivity contribution in [1.82, 2.24) is 10.2 Å². The van der Waals surface area contributed by atoms with Crippen molar-refractivity contribution in [2.45, 2.75) is 45.1 Å². The predicted molar refractivity (Wildman–Crippen MR) is 117 cm³/mol. The van der Waals surface area contributed by atoms with Gasteiger partial charge in [0, 0.05) is 37.8 Å². The molecule has 0 spiro atoms. The number of nitro groups is 1. The molecule has 0 bridgehead atoms. The van der Waals surface area contributed by atoms with Crippen LogP contribution in [0.2, 0.25) is 0 Å². The molecule has 8 heteroatoms. The molecule has 0 saturated carbocycles. The van der Waals surface area contributed by atoms with E-state index >= 15 is 0 Å². The van der Waals surface area contributed by atoms with Crippen molar-refractivity contribution in [3.05, 3.63) is 51.6 Å². The number of nitrogens with zero attached hydrogens (tertiary/aromatic N) is 2. The predicted octanol–water partition coefficient (Wildman–Crippen LogP) is 3.44. The van der Waals surface area contributed by atoms with Crippen LogP contribution in [0, 0.1) is 10.1 Å². The third-order valence-corrected chi connectivity index (χ3v) is 5.63. The number of rotatable bonds is 8. The number of allylic oxidation sites excluding steroid dienone is 3. The number of hydrogen-bond donors (Lipinski definition) is 2. The van der Waals surface area contributed by atoms with E-state index in [1.165, 1.54) is 17.7 Å². The first-order valence-corrected chi connectivity index (χ1v) is 10.5. The summed E-state index contributed by atoms with van der Waals surface area (Å²) in [5, 5.41) is 14.2. The molecule has 1 fully saturated rings. The Morgan fingerprint density at radius 1 is 1.33 bits per heavy atom. The van der Waals surface area contributed by atoms with Gasteiger partial charge in [-0.15, -0.1) is 0 Å². The van der Waals surface area contributed by atoms with E-state index in [0.717, 1.165) is 51.7 Å². The summed E-state index contributed by atoms with van der Waals surface area (Å²) in [5.41, 5.74) is 7.09. The number of ether oxygens (including phenoxy) is 1. The fourth-order valence-electron chi connectivity index (χ4n) is 3.91. The van der Waals surface area contributed by atoms with E-state index in [4.69, 9.17) is 10.5 Å². The van der Waals surface area contributed by atoms with Crippen LogP contribution in [0.15, 0.2) is 35.9 Å². The minimum absolute atomic E-state index is 0.0168. The van der Waals surface area contributed by atoms with Gasteiger partial charge < -0.3 is 20.7 Å². The average Bonchev–Trinajstić information content (AvgIpc) is 2.74. The first-order chi connectivity index (χ1) is 14.5. The van der Waals surface area contributed by atoms with Gasteiger partial charge in [0.15, 0.2) is 0 Å². The summed E-state index contributed by atoms with van der Waals surface area (Å²) < 4.78 is 5.49. The fraction of sp³-hybridized carbons (Fsp3) is 0.500. The molecule has 30 heavy (non-hydrogen) atoms. The smallest absolute Gasteiger partial charge is 0.293 e. The molecule has 1 amide bonds. The zero-order valence-corrected chi connectivity index (χ0v) is 17.4. The van der Waals surface area contributed by atoms with Crippen LogP contribution in [0.3, 0.4) is 0 Å². The Morgan fingerprint density at radius 3 is 2.73 bits per heavy atom. The summed E-state index contributed by atoms with van der Waals surface area (Å²) in [6.45, 7) is 5.01. The van der Waals surface area contributed by atoms with E-state index in [1.54, 1.807) is 6.92 Å². The van der Waals surface area contributed by atoms with Crippen LogP contribution in [-0.2, 0) is 0 Å². The first-order valence-electron chi connectivity index (χ1n) is 10.5. The van der Waals surface area contributed by atoms with Crippen LogP contribution in [0.1, 0.15) is 49.4 Å². The van der Waals surface area contributed by atoms with Crippen molar-refractivity contribution in [3.63, 3.8) is 0 Å². The average molecular weight is 415 g/mol. The van der Waals surface area contributed by atoms with Gasteiger partial charge >= 0.3 is 0 Å². The quantitative estimate of drug-likeness (QED) is 0.292. The summed E-state index contributed by atoms with van der Waals surface area (Å²) >= 11 is 0. The van der Waals surface area contributed by atoms with Crippen molar-refractivity contribution in [2.75, 3.05) is 32.0 Å². The van der Waals surface area contributed by atoms with Gasteiger partial charge in [0.25, 0.3) is 11.6 Å². The molecule has 1 aliphatic carbocycles. The highest BCUT2D eigenvalue weighted by molar-refractivity contribution is 5.98. The van der Waals surface area contributed by atoms with Crippen molar-refractivity contribution in [3.8, 4) is 5.75 Å². The number of nitro benzene ring substituents is 1. The molecule has 0 atom stereocenters. The number of nitrogens with one attached hydrogen (secondary N) is 1. The lowest BCUT2D eigenvalue weighted by Crippen LogP contribution is -2.45. The van der Waals surface area contributed by atoms with Crippen LogP contribution in [0.4, 0.5) is 11.4 Å². The molecule has 1 aromatic rings. The van der Waals surface area contributed by atoms with Gasteiger partial charge in [0.05, 0.1) is 17.1 Å². The Morgan fingerprint density at radius 2 is 2.10 bits per heavy atom. The Bertz CT molecular complexity index is 842. The molecule has 0 unspecified atom stereocenters. The highest BCUT2D eigenvalue weighted by atomic mass is 16.6. The van der Waals surface area contributed by atoms with Gasteiger partial charge in [-0.05, 0) is 39.0 Å². The molecule has 0 aromatic heterocycles. The molecular weight excluding hydrogens is 384 g/mol. The largest absolute Gasteiger partial charge is 0.493 e. The number of likely N-dealkylation sites (tertiary alicyclic amines) is 1. The van der Waals surface area contributed by atoms with E-state index < -0.39 is 4.92 Å². The van der Waals surface area contributed by atoms with Crippen LogP contribution in [-0.4, -0.2) is 48.0 Å². The summed E-state index contributed by atoms with van der Waals surface area (Å²) in [5.74, 6) is -0.0931. The molecule has 162 valence electrons. The van der Waals surface area contributed by atoms with Gasteiger partial charge in [-0.2, -0.15) is 0 Å². The van der Waals surface area contributed by atoms with Crippen molar-refractivity contribution in [1.29, 1.82) is 0 Å². The third kappa shape index (κ3) is 5.60. The second kappa shape index (κ2) is 10.2. The van der Waals surface area contributed by atoms with E-state index in [1.807, 2.05) is 0 Å². The standard InChI is InChI=1S/C22H30N4O4/c1-2-30-21-15-19(23)20(26(28)29)14-18(21)22(27)24-17-9-12-25(13-10-17)11-8-16-6-4-3-5-7-16/h3-4,7,14-15,17H,2,5-6,8-13,23H2,1H3,(H,24,27). The summed E-state index contributed by atoms with van der Waals surface area (Å²) in [6, 6.07) is 2.60. The van der Waals surface area contributed by atoms with Gasteiger partial charge in [0.2, 0.25) is 0 Å². The van der Waals surface area contributed by atoms with Gasteiger partial charge in [0.1, 0.15) is 11.4 Å². The Labute approximate surface area is 176 Å². The van der Waals surface area contributed by atoms with Crippen LogP contribution in [0.25, 0.3) is 0 Å². The molecule has 3 N–H and O–H groups in total. The SMILES string of the molecule is CCOc1cc(N)c([N+](=O)[O-])cc1C(=O)NC1CCN(CCC2=CCC=CC2)CC1. The molecule has 3 rings (SSSR count).